The average molecular weight is 284 g/mol. The molecule has 0 heterocycles. The minimum Gasteiger partial charge on any atom is -0.396 e. The van der Waals surface area contributed by atoms with E-state index in [2.05, 4.69) is 46.4 Å². The van der Waals surface area contributed by atoms with Gasteiger partial charge in [-0.25, -0.2) is 0 Å². The zero-order valence-corrected chi connectivity index (χ0v) is 11.2. The van der Waals surface area contributed by atoms with Gasteiger partial charge in [-0.2, -0.15) is 0 Å². The third-order valence-electron chi connectivity index (χ3n) is 3.32. The van der Waals surface area contributed by atoms with Gasteiger partial charge in [0.15, 0.2) is 0 Å². The Balaban J connectivity index is 1.85. The van der Waals surface area contributed by atoms with Gasteiger partial charge in [0.1, 0.15) is 0 Å². The van der Waals surface area contributed by atoms with Crippen molar-refractivity contribution < 1.29 is 5.11 Å². The largest absolute Gasteiger partial charge is 0.396 e. The minimum absolute atomic E-state index is 0.192. The van der Waals surface area contributed by atoms with Crippen molar-refractivity contribution in [1.29, 1.82) is 0 Å². The van der Waals surface area contributed by atoms with Crippen molar-refractivity contribution in [2.45, 2.75) is 26.3 Å². The van der Waals surface area contributed by atoms with Crippen molar-refractivity contribution in [2.75, 3.05) is 13.2 Å². The van der Waals surface area contributed by atoms with E-state index >= 15 is 0 Å². The summed E-state index contributed by atoms with van der Waals surface area (Å²) in [6, 6.07) is 6.40. The molecule has 0 bridgehead atoms. The molecule has 88 valence electrons. The molecule has 1 fully saturated rings. The molecule has 0 aliphatic heterocycles. The normalized spacial score (nSPS) is 17.4. The van der Waals surface area contributed by atoms with Gasteiger partial charge < -0.3 is 10.4 Å². The third-order valence-corrected chi connectivity index (χ3v) is 4.05. The van der Waals surface area contributed by atoms with Gasteiger partial charge in [-0.3, -0.25) is 0 Å². The number of aryl methyl sites for hydroxylation is 1. The lowest BCUT2D eigenvalue weighted by Gasteiger charge is -2.13. The second kappa shape index (κ2) is 4.86. The molecule has 0 spiro atoms. The van der Waals surface area contributed by atoms with Crippen molar-refractivity contribution in [3.8, 4) is 0 Å². The van der Waals surface area contributed by atoms with E-state index in [1.807, 2.05) is 0 Å². The highest BCUT2D eigenvalue weighted by Gasteiger charge is 2.41. The van der Waals surface area contributed by atoms with Crippen LogP contribution in [0.3, 0.4) is 0 Å². The van der Waals surface area contributed by atoms with Crippen LogP contribution in [0, 0.1) is 12.3 Å². The summed E-state index contributed by atoms with van der Waals surface area (Å²) in [7, 11) is 0. The summed E-state index contributed by atoms with van der Waals surface area (Å²) in [5.41, 5.74) is 2.74. The first-order chi connectivity index (χ1) is 7.65. The second-order valence-corrected chi connectivity index (χ2v) is 5.71. The zero-order chi connectivity index (χ0) is 11.6. The molecule has 0 aromatic heterocycles. The lowest BCUT2D eigenvalue weighted by molar-refractivity contribution is 0.207. The highest BCUT2D eigenvalue weighted by atomic mass is 79.9. The highest BCUT2D eigenvalue weighted by molar-refractivity contribution is 9.10. The van der Waals surface area contributed by atoms with Crippen molar-refractivity contribution in [2.24, 2.45) is 5.41 Å². The molecule has 2 N–H and O–H groups in total. The van der Waals surface area contributed by atoms with Crippen LogP contribution in [0.25, 0.3) is 0 Å². The summed E-state index contributed by atoms with van der Waals surface area (Å²) in [5, 5.41) is 12.6. The zero-order valence-electron chi connectivity index (χ0n) is 9.59. The first-order valence-corrected chi connectivity index (χ1v) is 6.51. The van der Waals surface area contributed by atoms with E-state index in [4.69, 9.17) is 0 Å². The molecule has 0 atom stereocenters. The van der Waals surface area contributed by atoms with E-state index in [1.54, 1.807) is 0 Å². The van der Waals surface area contributed by atoms with Crippen molar-refractivity contribution >= 4 is 15.9 Å². The molecule has 3 heteroatoms. The van der Waals surface area contributed by atoms with Crippen molar-refractivity contribution in [1.82, 2.24) is 5.32 Å². The van der Waals surface area contributed by atoms with Gasteiger partial charge in [0, 0.05) is 29.6 Å². The summed E-state index contributed by atoms with van der Waals surface area (Å²) in [4.78, 5) is 0. The van der Waals surface area contributed by atoms with Crippen LogP contribution in [0.15, 0.2) is 22.7 Å². The molecule has 0 radical (unpaired) electrons. The van der Waals surface area contributed by atoms with Gasteiger partial charge >= 0.3 is 0 Å². The second-order valence-electron chi connectivity index (χ2n) is 4.86. The number of rotatable bonds is 5. The Kier molecular flexibility index (Phi) is 3.67. The van der Waals surface area contributed by atoms with E-state index < -0.39 is 0 Å². The Labute approximate surface area is 105 Å². The summed E-state index contributed by atoms with van der Waals surface area (Å²) in [6.07, 6.45) is 2.32. The molecule has 1 aliphatic rings. The maximum Gasteiger partial charge on any atom is 0.0499 e. The van der Waals surface area contributed by atoms with Crippen LogP contribution in [0.1, 0.15) is 24.0 Å². The molecule has 1 aromatic carbocycles. The molecule has 1 saturated carbocycles. The van der Waals surface area contributed by atoms with E-state index in [9.17, 15) is 5.11 Å². The summed E-state index contributed by atoms with van der Waals surface area (Å²) in [6.45, 7) is 4.19. The SMILES string of the molecule is Cc1ccc(CNCC2(CO)CC2)c(Br)c1. The standard InChI is InChI=1S/C13H18BrNO/c1-10-2-3-11(12(14)6-10)7-15-8-13(9-16)4-5-13/h2-3,6,15-16H,4-5,7-9H2,1H3. The molecule has 1 aromatic rings. The highest BCUT2D eigenvalue weighted by Crippen LogP contribution is 2.44. The maximum absolute atomic E-state index is 9.20. The van der Waals surface area contributed by atoms with Gasteiger partial charge in [0.25, 0.3) is 0 Å². The Hall–Kier alpha value is -0.380. The first kappa shape index (κ1) is 12.1. The number of hydrogen-bond donors (Lipinski definition) is 2. The fraction of sp³-hybridized carbons (Fsp3) is 0.538. The number of nitrogens with one attached hydrogen (secondary N) is 1. The van der Waals surface area contributed by atoms with Crippen LogP contribution in [-0.2, 0) is 6.54 Å². The van der Waals surface area contributed by atoms with E-state index in [0.29, 0.717) is 6.61 Å². The Morgan fingerprint density at radius 3 is 2.75 bits per heavy atom. The molecular formula is C13H18BrNO. The fourth-order valence-corrected chi connectivity index (χ4v) is 2.46. The number of aliphatic hydroxyl groups is 1. The quantitative estimate of drug-likeness (QED) is 0.871. The van der Waals surface area contributed by atoms with Crippen molar-refractivity contribution in [3.05, 3.63) is 33.8 Å². The average Bonchev–Trinajstić information content (AvgIpc) is 3.02. The predicted octanol–water partition coefficient (Wildman–Crippen LogP) is 2.62. The monoisotopic (exact) mass is 283 g/mol. The van der Waals surface area contributed by atoms with Gasteiger partial charge in [0.05, 0.1) is 0 Å². The van der Waals surface area contributed by atoms with Gasteiger partial charge in [-0.15, -0.1) is 0 Å². The summed E-state index contributed by atoms with van der Waals surface area (Å²) < 4.78 is 1.16. The first-order valence-electron chi connectivity index (χ1n) is 5.72. The summed E-state index contributed by atoms with van der Waals surface area (Å²) in [5.74, 6) is 0. The molecule has 0 amide bonds. The van der Waals surface area contributed by atoms with Gasteiger partial charge in [0.2, 0.25) is 0 Å². The number of benzene rings is 1. The predicted molar refractivity (Wildman–Crippen MR) is 69.3 cm³/mol. The van der Waals surface area contributed by atoms with Crippen molar-refractivity contribution in [3.63, 3.8) is 0 Å². The molecule has 0 saturated heterocycles. The molecule has 0 unspecified atom stereocenters. The lowest BCUT2D eigenvalue weighted by Crippen LogP contribution is -2.26. The van der Waals surface area contributed by atoms with E-state index in [-0.39, 0.29) is 5.41 Å². The molecular weight excluding hydrogens is 266 g/mol. The van der Waals surface area contributed by atoms with Gasteiger partial charge in [-0.05, 0) is 37.0 Å². The summed E-state index contributed by atoms with van der Waals surface area (Å²) >= 11 is 3.57. The molecule has 2 rings (SSSR count). The minimum atomic E-state index is 0.192. The number of hydrogen-bond acceptors (Lipinski definition) is 2. The topological polar surface area (TPSA) is 32.3 Å². The number of halogens is 1. The smallest absolute Gasteiger partial charge is 0.0499 e. The Morgan fingerprint density at radius 1 is 1.44 bits per heavy atom. The van der Waals surface area contributed by atoms with Crippen LogP contribution in [0.4, 0.5) is 0 Å². The fourth-order valence-electron chi connectivity index (χ4n) is 1.83. The number of aliphatic hydroxyl groups excluding tert-OH is 1. The maximum atomic E-state index is 9.20. The van der Waals surface area contributed by atoms with Crippen LogP contribution in [0.2, 0.25) is 0 Å². The van der Waals surface area contributed by atoms with Crippen LogP contribution >= 0.6 is 15.9 Å². The Bertz CT molecular complexity index is 374. The lowest BCUT2D eigenvalue weighted by atomic mass is 10.1. The van der Waals surface area contributed by atoms with Gasteiger partial charge in [-0.1, -0.05) is 28.1 Å². The van der Waals surface area contributed by atoms with E-state index in [1.165, 1.54) is 11.1 Å². The Morgan fingerprint density at radius 2 is 2.19 bits per heavy atom. The van der Waals surface area contributed by atoms with Crippen LogP contribution in [-0.4, -0.2) is 18.3 Å². The molecule has 16 heavy (non-hydrogen) atoms. The van der Waals surface area contributed by atoms with E-state index in [0.717, 1.165) is 30.4 Å². The van der Waals surface area contributed by atoms with Crippen LogP contribution in [0.5, 0.6) is 0 Å². The molecule has 2 nitrogen and oxygen atoms in total. The third kappa shape index (κ3) is 2.84. The van der Waals surface area contributed by atoms with Crippen LogP contribution < -0.4 is 5.32 Å². The molecule has 1 aliphatic carbocycles.